The number of amides is 1. The van der Waals surface area contributed by atoms with Crippen LogP contribution in [0.2, 0.25) is 0 Å². The first kappa shape index (κ1) is 16.0. The lowest BCUT2D eigenvalue weighted by Gasteiger charge is -2.21. The smallest absolute Gasteiger partial charge is 0.234 e. The molecule has 3 nitrogen and oxygen atoms in total. The molecule has 1 N–H and O–H groups in total. The van der Waals surface area contributed by atoms with E-state index >= 15 is 0 Å². The average Bonchev–Trinajstić information content (AvgIpc) is 3.30. The first-order valence-corrected chi connectivity index (χ1v) is 8.22. The SMILES string of the molecule is CCc1ccc(C(C)NC(=O)CN(CC)CC2CC2)cc1. The molecule has 1 aliphatic carbocycles. The van der Waals surface area contributed by atoms with Crippen molar-refractivity contribution in [3.05, 3.63) is 35.4 Å². The number of nitrogens with zero attached hydrogens (tertiary/aromatic N) is 1. The van der Waals surface area contributed by atoms with Gasteiger partial charge < -0.3 is 5.32 Å². The largest absolute Gasteiger partial charge is 0.348 e. The summed E-state index contributed by atoms with van der Waals surface area (Å²) in [6.07, 6.45) is 3.71. The number of carbonyl (C=O) groups excluding carboxylic acids is 1. The zero-order valence-electron chi connectivity index (χ0n) is 13.6. The van der Waals surface area contributed by atoms with Crippen molar-refractivity contribution < 1.29 is 4.79 Å². The standard InChI is InChI=1S/C18H28N2O/c1-4-15-8-10-17(11-9-15)14(3)19-18(21)13-20(5-2)12-16-6-7-16/h8-11,14,16H,4-7,12-13H2,1-3H3,(H,19,21). The van der Waals surface area contributed by atoms with Gasteiger partial charge in [-0.15, -0.1) is 0 Å². The van der Waals surface area contributed by atoms with E-state index in [1.807, 2.05) is 0 Å². The van der Waals surface area contributed by atoms with Gasteiger partial charge in [0.1, 0.15) is 0 Å². The molecule has 0 heterocycles. The zero-order valence-corrected chi connectivity index (χ0v) is 13.6. The summed E-state index contributed by atoms with van der Waals surface area (Å²) in [6.45, 7) is 8.87. The molecule has 2 rings (SSSR count). The van der Waals surface area contributed by atoms with Crippen LogP contribution in [0.15, 0.2) is 24.3 Å². The van der Waals surface area contributed by atoms with E-state index in [1.165, 1.54) is 24.0 Å². The van der Waals surface area contributed by atoms with E-state index in [1.54, 1.807) is 0 Å². The fourth-order valence-corrected chi connectivity index (χ4v) is 2.59. The number of nitrogens with one attached hydrogen (secondary N) is 1. The Morgan fingerprint density at radius 1 is 1.29 bits per heavy atom. The molecule has 1 aromatic carbocycles. The van der Waals surface area contributed by atoms with Crippen molar-refractivity contribution in [2.24, 2.45) is 5.92 Å². The number of likely N-dealkylation sites (N-methyl/N-ethyl adjacent to an activating group) is 1. The Morgan fingerprint density at radius 3 is 2.48 bits per heavy atom. The minimum absolute atomic E-state index is 0.0723. The van der Waals surface area contributed by atoms with E-state index < -0.39 is 0 Å². The van der Waals surface area contributed by atoms with Crippen LogP contribution in [0.5, 0.6) is 0 Å². The summed E-state index contributed by atoms with van der Waals surface area (Å²) in [5.74, 6) is 0.960. The molecule has 0 bridgehead atoms. The van der Waals surface area contributed by atoms with Gasteiger partial charge in [0.25, 0.3) is 0 Å². The first-order chi connectivity index (χ1) is 10.1. The van der Waals surface area contributed by atoms with E-state index in [0.717, 1.165) is 25.4 Å². The maximum atomic E-state index is 12.2. The van der Waals surface area contributed by atoms with Crippen LogP contribution in [0.3, 0.4) is 0 Å². The van der Waals surface area contributed by atoms with Gasteiger partial charge in [-0.25, -0.2) is 0 Å². The Morgan fingerprint density at radius 2 is 1.95 bits per heavy atom. The predicted octanol–water partition coefficient (Wildman–Crippen LogP) is 3.16. The Labute approximate surface area is 128 Å². The van der Waals surface area contributed by atoms with Gasteiger partial charge in [0.15, 0.2) is 0 Å². The summed E-state index contributed by atoms with van der Waals surface area (Å²) >= 11 is 0. The third-order valence-corrected chi connectivity index (χ3v) is 4.29. The lowest BCUT2D eigenvalue weighted by atomic mass is 10.1. The topological polar surface area (TPSA) is 32.3 Å². The normalized spacial score (nSPS) is 16.0. The van der Waals surface area contributed by atoms with Crippen LogP contribution in [0.25, 0.3) is 0 Å². The fourth-order valence-electron chi connectivity index (χ4n) is 2.59. The molecule has 116 valence electrons. The Kier molecular flexibility index (Phi) is 5.80. The highest BCUT2D eigenvalue weighted by molar-refractivity contribution is 5.78. The Hall–Kier alpha value is -1.35. The number of carbonyl (C=O) groups is 1. The van der Waals surface area contributed by atoms with Crippen LogP contribution in [0.4, 0.5) is 0 Å². The molecule has 3 heteroatoms. The number of rotatable bonds is 8. The van der Waals surface area contributed by atoms with Crippen molar-refractivity contribution in [3.8, 4) is 0 Å². The third kappa shape index (κ3) is 5.16. The van der Waals surface area contributed by atoms with Gasteiger partial charge in [-0.2, -0.15) is 0 Å². The molecule has 1 aromatic rings. The highest BCUT2D eigenvalue weighted by Crippen LogP contribution is 2.29. The van der Waals surface area contributed by atoms with Crippen LogP contribution < -0.4 is 5.32 Å². The molecule has 1 amide bonds. The third-order valence-electron chi connectivity index (χ3n) is 4.29. The highest BCUT2D eigenvalue weighted by Gasteiger charge is 2.24. The molecule has 1 fully saturated rings. The second-order valence-electron chi connectivity index (χ2n) is 6.16. The van der Waals surface area contributed by atoms with Crippen LogP contribution in [-0.2, 0) is 11.2 Å². The van der Waals surface area contributed by atoms with Crippen molar-refractivity contribution in [2.45, 2.75) is 46.1 Å². The predicted molar refractivity (Wildman–Crippen MR) is 87.2 cm³/mol. The van der Waals surface area contributed by atoms with E-state index in [4.69, 9.17) is 0 Å². The van der Waals surface area contributed by atoms with Crippen LogP contribution >= 0.6 is 0 Å². The number of aryl methyl sites for hydroxylation is 1. The molecule has 1 saturated carbocycles. The number of hydrogen-bond donors (Lipinski definition) is 1. The van der Waals surface area contributed by atoms with E-state index in [2.05, 4.69) is 55.3 Å². The van der Waals surface area contributed by atoms with Crippen LogP contribution in [-0.4, -0.2) is 30.4 Å². The highest BCUT2D eigenvalue weighted by atomic mass is 16.2. The Balaban J connectivity index is 1.82. The summed E-state index contributed by atoms with van der Waals surface area (Å²) < 4.78 is 0. The van der Waals surface area contributed by atoms with Crippen molar-refractivity contribution in [3.63, 3.8) is 0 Å². The van der Waals surface area contributed by atoms with Gasteiger partial charge in [0.2, 0.25) is 5.91 Å². The summed E-state index contributed by atoms with van der Waals surface area (Å²) in [4.78, 5) is 14.4. The molecule has 0 aromatic heterocycles. The molecular formula is C18H28N2O. The van der Waals surface area contributed by atoms with Crippen LogP contribution in [0.1, 0.15) is 50.8 Å². The maximum absolute atomic E-state index is 12.2. The van der Waals surface area contributed by atoms with Gasteiger partial charge >= 0.3 is 0 Å². The zero-order chi connectivity index (χ0) is 15.2. The molecule has 21 heavy (non-hydrogen) atoms. The number of hydrogen-bond acceptors (Lipinski definition) is 2. The molecule has 0 saturated heterocycles. The van der Waals surface area contributed by atoms with E-state index in [9.17, 15) is 4.79 Å². The van der Waals surface area contributed by atoms with Crippen molar-refractivity contribution in [1.29, 1.82) is 0 Å². The molecule has 1 atom stereocenters. The molecule has 0 aliphatic heterocycles. The summed E-state index contributed by atoms with van der Waals surface area (Å²) in [6, 6.07) is 8.59. The quantitative estimate of drug-likeness (QED) is 0.797. The average molecular weight is 288 g/mol. The van der Waals surface area contributed by atoms with Crippen molar-refractivity contribution >= 4 is 5.91 Å². The van der Waals surface area contributed by atoms with E-state index in [0.29, 0.717) is 6.54 Å². The number of benzene rings is 1. The molecule has 1 unspecified atom stereocenters. The van der Waals surface area contributed by atoms with Gasteiger partial charge in [0, 0.05) is 6.54 Å². The molecule has 0 radical (unpaired) electrons. The fraction of sp³-hybridized carbons (Fsp3) is 0.611. The molecular weight excluding hydrogens is 260 g/mol. The minimum atomic E-state index is 0.0723. The summed E-state index contributed by atoms with van der Waals surface area (Å²) in [7, 11) is 0. The van der Waals surface area contributed by atoms with Crippen LogP contribution in [0, 0.1) is 5.92 Å². The van der Waals surface area contributed by atoms with Gasteiger partial charge in [-0.3, -0.25) is 9.69 Å². The lowest BCUT2D eigenvalue weighted by molar-refractivity contribution is -0.122. The summed E-state index contributed by atoms with van der Waals surface area (Å²) in [5.41, 5.74) is 2.50. The van der Waals surface area contributed by atoms with Gasteiger partial charge in [0.05, 0.1) is 12.6 Å². The lowest BCUT2D eigenvalue weighted by Crippen LogP contribution is -2.39. The monoisotopic (exact) mass is 288 g/mol. The van der Waals surface area contributed by atoms with Crippen molar-refractivity contribution in [2.75, 3.05) is 19.6 Å². The molecule has 0 spiro atoms. The summed E-state index contributed by atoms with van der Waals surface area (Å²) in [5, 5.41) is 3.11. The second-order valence-corrected chi connectivity index (χ2v) is 6.16. The minimum Gasteiger partial charge on any atom is -0.348 e. The maximum Gasteiger partial charge on any atom is 0.234 e. The van der Waals surface area contributed by atoms with Gasteiger partial charge in [-0.05, 0) is 49.8 Å². The Bertz CT molecular complexity index is 451. The first-order valence-electron chi connectivity index (χ1n) is 8.22. The molecule has 1 aliphatic rings. The van der Waals surface area contributed by atoms with E-state index in [-0.39, 0.29) is 11.9 Å². The van der Waals surface area contributed by atoms with Crippen molar-refractivity contribution in [1.82, 2.24) is 10.2 Å². The van der Waals surface area contributed by atoms with Gasteiger partial charge in [-0.1, -0.05) is 38.1 Å². The second kappa shape index (κ2) is 7.60.